The summed E-state index contributed by atoms with van der Waals surface area (Å²) in [6.07, 6.45) is 14.3. The highest BCUT2D eigenvalue weighted by atomic mass is 31.1. The van der Waals surface area contributed by atoms with Crippen LogP contribution in [-0.4, -0.2) is 17.5 Å². The van der Waals surface area contributed by atoms with Crippen LogP contribution in [0, 0.1) is 0 Å². The van der Waals surface area contributed by atoms with E-state index in [9.17, 15) is 0 Å². The lowest BCUT2D eigenvalue weighted by molar-refractivity contribution is 0.369. The summed E-state index contributed by atoms with van der Waals surface area (Å²) >= 11 is 0. The Labute approximate surface area is 108 Å². The quantitative estimate of drug-likeness (QED) is 0.577. The van der Waals surface area contributed by atoms with E-state index in [-0.39, 0.29) is 0 Å². The molecule has 1 unspecified atom stereocenters. The number of rotatable bonds is 5. The van der Waals surface area contributed by atoms with Crippen molar-refractivity contribution >= 4 is 17.8 Å². The molecule has 1 atom stereocenters. The van der Waals surface area contributed by atoms with Gasteiger partial charge in [-0.2, -0.15) is 0 Å². The first kappa shape index (κ1) is 16.9. The van der Waals surface area contributed by atoms with Crippen molar-refractivity contribution < 1.29 is 0 Å². The van der Waals surface area contributed by atoms with Gasteiger partial charge in [0.1, 0.15) is 0 Å². The molecular formula is C14H32P2. The van der Waals surface area contributed by atoms with Crippen molar-refractivity contribution in [3.8, 4) is 0 Å². The van der Waals surface area contributed by atoms with Gasteiger partial charge in [0.15, 0.2) is 0 Å². The molecule has 0 aromatic rings. The van der Waals surface area contributed by atoms with Crippen LogP contribution in [-0.2, 0) is 0 Å². The van der Waals surface area contributed by atoms with Crippen molar-refractivity contribution in [2.24, 2.45) is 0 Å². The van der Waals surface area contributed by atoms with Crippen LogP contribution in [0.5, 0.6) is 0 Å². The largest absolute Gasteiger partial charge is 0.131 e. The van der Waals surface area contributed by atoms with Crippen molar-refractivity contribution in [2.45, 2.75) is 77.3 Å². The summed E-state index contributed by atoms with van der Waals surface area (Å²) in [5.41, 5.74) is 0. The summed E-state index contributed by atoms with van der Waals surface area (Å²) < 4.78 is 0. The molecule has 0 nitrogen and oxygen atoms in total. The normalized spacial score (nSPS) is 18.8. The standard InChI is InChI=1S/C10H21P.C4H11P/c1-2-3-7-10(11)8-5-4-6-9-10;1-3-5-4-2/h2-9,11H2,1H3;5H,3-4H2,1-2H3. The van der Waals surface area contributed by atoms with Crippen LogP contribution in [0.4, 0.5) is 0 Å². The summed E-state index contributed by atoms with van der Waals surface area (Å²) in [7, 11) is 4.31. The molecule has 0 aliphatic heterocycles. The van der Waals surface area contributed by atoms with E-state index in [2.05, 4.69) is 30.0 Å². The third kappa shape index (κ3) is 8.95. The molecule has 0 spiro atoms. The Balaban J connectivity index is 0.000000385. The van der Waals surface area contributed by atoms with Gasteiger partial charge in [0.05, 0.1) is 0 Å². The average Bonchev–Trinajstić information content (AvgIpc) is 2.29. The molecule has 2 heteroatoms. The van der Waals surface area contributed by atoms with E-state index in [0.29, 0.717) is 5.16 Å². The summed E-state index contributed by atoms with van der Waals surface area (Å²) in [6, 6.07) is 0. The maximum absolute atomic E-state index is 3.11. The number of hydrogen-bond acceptors (Lipinski definition) is 0. The molecule has 1 aliphatic rings. The second-order valence-corrected chi connectivity index (χ2v) is 8.12. The van der Waals surface area contributed by atoms with Crippen LogP contribution in [0.3, 0.4) is 0 Å². The van der Waals surface area contributed by atoms with E-state index in [1.54, 1.807) is 0 Å². The van der Waals surface area contributed by atoms with Gasteiger partial charge in [-0.1, -0.05) is 52.9 Å². The third-order valence-corrected chi connectivity index (χ3v) is 5.24. The lowest BCUT2D eigenvalue weighted by Gasteiger charge is -2.33. The van der Waals surface area contributed by atoms with Crippen molar-refractivity contribution in [3.63, 3.8) is 0 Å². The molecule has 1 aliphatic carbocycles. The molecule has 0 heterocycles. The van der Waals surface area contributed by atoms with Crippen molar-refractivity contribution in [1.82, 2.24) is 0 Å². The maximum Gasteiger partial charge on any atom is -0.0150 e. The minimum atomic E-state index is 0.647. The van der Waals surface area contributed by atoms with Crippen molar-refractivity contribution in [2.75, 3.05) is 12.3 Å². The average molecular weight is 262 g/mol. The minimum absolute atomic E-state index is 0.647. The van der Waals surface area contributed by atoms with Gasteiger partial charge in [-0.05, 0) is 36.7 Å². The molecule has 0 N–H and O–H groups in total. The Morgan fingerprint density at radius 2 is 1.56 bits per heavy atom. The molecule has 1 fully saturated rings. The Hall–Kier alpha value is 0.860. The Morgan fingerprint density at radius 1 is 1.00 bits per heavy atom. The van der Waals surface area contributed by atoms with Crippen LogP contribution in [0.1, 0.15) is 72.1 Å². The Kier molecular flexibility index (Phi) is 11.6. The van der Waals surface area contributed by atoms with E-state index in [4.69, 9.17) is 0 Å². The summed E-state index contributed by atoms with van der Waals surface area (Å²) in [4.78, 5) is 0. The summed E-state index contributed by atoms with van der Waals surface area (Å²) in [5, 5.41) is 0.647. The second kappa shape index (κ2) is 11.0. The van der Waals surface area contributed by atoms with E-state index >= 15 is 0 Å². The molecule has 0 bridgehead atoms. The van der Waals surface area contributed by atoms with Gasteiger partial charge in [-0.3, -0.25) is 0 Å². The van der Waals surface area contributed by atoms with Crippen LogP contribution in [0.25, 0.3) is 0 Å². The zero-order valence-electron chi connectivity index (χ0n) is 11.6. The third-order valence-electron chi connectivity index (χ3n) is 3.38. The lowest BCUT2D eigenvalue weighted by Crippen LogP contribution is -2.23. The Bertz CT molecular complexity index is 138. The number of unbranched alkanes of at least 4 members (excludes halogenated alkanes) is 1. The van der Waals surface area contributed by atoms with E-state index in [0.717, 1.165) is 0 Å². The molecule has 0 aromatic heterocycles. The van der Waals surface area contributed by atoms with E-state index in [1.165, 1.54) is 72.3 Å². The van der Waals surface area contributed by atoms with Gasteiger partial charge >= 0.3 is 0 Å². The van der Waals surface area contributed by atoms with E-state index in [1.807, 2.05) is 0 Å². The van der Waals surface area contributed by atoms with Gasteiger partial charge < -0.3 is 0 Å². The minimum Gasteiger partial charge on any atom is -0.131 e. The fraction of sp³-hybridized carbons (Fsp3) is 1.00. The molecule has 1 rings (SSSR count). The zero-order chi connectivity index (χ0) is 12.3. The highest BCUT2D eigenvalue weighted by molar-refractivity contribution is 7.37. The first-order valence-electron chi connectivity index (χ1n) is 7.18. The van der Waals surface area contributed by atoms with Crippen molar-refractivity contribution in [3.05, 3.63) is 0 Å². The first-order valence-corrected chi connectivity index (χ1v) is 9.17. The molecule has 98 valence electrons. The summed E-state index contributed by atoms with van der Waals surface area (Å²) in [5.74, 6) is 0. The highest BCUT2D eigenvalue weighted by Gasteiger charge is 2.25. The van der Waals surface area contributed by atoms with Crippen LogP contribution in [0.2, 0.25) is 0 Å². The predicted octanol–water partition coefficient (Wildman–Crippen LogP) is 5.46. The molecule has 16 heavy (non-hydrogen) atoms. The highest BCUT2D eigenvalue weighted by Crippen LogP contribution is 2.39. The topological polar surface area (TPSA) is 0 Å². The molecule has 1 saturated carbocycles. The molecule has 0 amide bonds. The van der Waals surface area contributed by atoms with Gasteiger partial charge in [0.2, 0.25) is 0 Å². The number of hydrogen-bond donors (Lipinski definition) is 0. The zero-order valence-corrected chi connectivity index (χ0v) is 13.8. The van der Waals surface area contributed by atoms with Gasteiger partial charge in [0, 0.05) is 0 Å². The van der Waals surface area contributed by atoms with Crippen molar-refractivity contribution in [1.29, 1.82) is 0 Å². The molecule has 0 aromatic carbocycles. The lowest BCUT2D eigenvalue weighted by atomic mass is 9.85. The Morgan fingerprint density at radius 3 is 1.94 bits per heavy atom. The SMILES string of the molecule is CCCCC1(P)CCCCC1.CCPCC. The molecule has 0 radical (unpaired) electrons. The smallest absolute Gasteiger partial charge is 0.0150 e. The van der Waals surface area contributed by atoms with Gasteiger partial charge in [-0.25, -0.2) is 0 Å². The predicted molar refractivity (Wildman–Crippen MR) is 84.4 cm³/mol. The maximum atomic E-state index is 3.11. The monoisotopic (exact) mass is 262 g/mol. The molecule has 0 saturated heterocycles. The van der Waals surface area contributed by atoms with Gasteiger partial charge in [0.25, 0.3) is 0 Å². The second-order valence-electron chi connectivity index (χ2n) is 4.98. The van der Waals surface area contributed by atoms with Crippen LogP contribution in [0.15, 0.2) is 0 Å². The van der Waals surface area contributed by atoms with Gasteiger partial charge in [-0.15, -0.1) is 17.8 Å². The molecular weight excluding hydrogens is 230 g/mol. The van der Waals surface area contributed by atoms with Crippen LogP contribution >= 0.6 is 17.8 Å². The van der Waals surface area contributed by atoms with E-state index < -0.39 is 0 Å². The summed E-state index contributed by atoms with van der Waals surface area (Å²) in [6.45, 7) is 6.74. The fourth-order valence-corrected chi connectivity index (χ4v) is 3.40. The first-order chi connectivity index (χ1) is 7.68. The fourth-order valence-electron chi connectivity index (χ4n) is 2.28. The van der Waals surface area contributed by atoms with Crippen LogP contribution < -0.4 is 0 Å².